The van der Waals surface area contributed by atoms with Crippen LogP contribution in [0, 0.1) is 17.8 Å². The number of aliphatic hydroxyl groups excluding tert-OH is 1. The zero-order valence-electron chi connectivity index (χ0n) is 10.3. The monoisotopic (exact) mass is 243 g/mol. The van der Waals surface area contributed by atoms with Crippen molar-refractivity contribution in [3.63, 3.8) is 0 Å². The standard InChI is InChI=1S/C12H21NO4/c1-7(6-14)8(2)13-11(15)9-4-3-5-10(9)12(16)17/h7-10,14H,3-6H2,1-2H3,(H,13,15)(H,16,17). The molecule has 0 spiro atoms. The molecule has 0 aromatic carbocycles. The van der Waals surface area contributed by atoms with Gasteiger partial charge in [0.1, 0.15) is 0 Å². The molecule has 0 saturated heterocycles. The molecule has 0 aromatic rings. The van der Waals surface area contributed by atoms with Crippen LogP contribution in [0.15, 0.2) is 0 Å². The largest absolute Gasteiger partial charge is 0.481 e. The molecule has 0 heterocycles. The van der Waals surface area contributed by atoms with Gasteiger partial charge in [-0.1, -0.05) is 13.3 Å². The van der Waals surface area contributed by atoms with Crippen molar-refractivity contribution in [2.75, 3.05) is 6.61 Å². The Bertz CT molecular complexity index is 292. The lowest BCUT2D eigenvalue weighted by molar-refractivity contribution is -0.146. The van der Waals surface area contributed by atoms with Crippen molar-refractivity contribution < 1.29 is 19.8 Å². The number of rotatable bonds is 5. The molecule has 98 valence electrons. The molecule has 4 unspecified atom stereocenters. The number of hydrogen-bond donors (Lipinski definition) is 3. The van der Waals surface area contributed by atoms with E-state index in [1.165, 1.54) is 0 Å². The molecule has 5 heteroatoms. The lowest BCUT2D eigenvalue weighted by atomic mass is 9.94. The number of aliphatic hydroxyl groups is 1. The molecule has 1 aliphatic carbocycles. The van der Waals surface area contributed by atoms with Crippen LogP contribution in [0.5, 0.6) is 0 Å². The van der Waals surface area contributed by atoms with Gasteiger partial charge in [-0.2, -0.15) is 0 Å². The number of aliphatic carboxylic acids is 1. The third-order valence-electron chi connectivity index (χ3n) is 3.68. The van der Waals surface area contributed by atoms with Gasteiger partial charge in [0.05, 0.1) is 11.8 Å². The molecule has 1 aliphatic rings. The molecule has 0 aliphatic heterocycles. The lowest BCUT2D eigenvalue weighted by Crippen LogP contribution is -2.43. The van der Waals surface area contributed by atoms with Crippen LogP contribution in [0.3, 0.4) is 0 Å². The first kappa shape index (κ1) is 14.0. The Kier molecular flexibility index (Phi) is 4.93. The Morgan fingerprint density at radius 1 is 1.29 bits per heavy atom. The second kappa shape index (κ2) is 6.00. The van der Waals surface area contributed by atoms with Gasteiger partial charge in [0.25, 0.3) is 0 Å². The summed E-state index contributed by atoms with van der Waals surface area (Å²) >= 11 is 0. The summed E-state index contributed by atoms with van der Waals surface area (Å²) in [5, 5.41) is 20.8. The maximum Gasteiger partial charge on any atom is 0.307 e. The van der Waals surface area contributed by atoms with Crippen LogP contribution in [0.1, 0.15) is 33.1 Å². The van der Waals surface area contributed by atoms with Gasteiger partial charge in [-0.3, -0.25) is 9.59 Å². The summed E-state index contributed by atoms with van der Waals surface area (Å²) in [7, 11) is 0. The highest BCUT2D eigenvalue weighted by Crippen LogP contribution is 2.32. The van der Waals surface area contributed by atoms with Crippen LogP contribution in [0.2, 0.25) is 0 Å². The molecule has 1 fully saturated rings. The van der Waals surface area contributed by atoms with Crippen LogP contribution in [-0.4, -0.2) is 34.7 Å². The Labute approximate surface area is 101 Å². The first-order chi connectivity index (χ1) is 7.97. The normalized spacial score (nSPS) is 27.5. The molecular formula is C12H21NO4. The van der Waals surface area contributed by atoms with Crippen LogP contribution in [0.4, 0.5) is 0 Å². The lowest BCUT2D eigenvalue weighted by Gasteiger charge is -2.23. The Morgan fingerprint density at radius 2 is 1.88 bits per heavy atom. The second-order valence-electron chi connectivity index (χ2n) is 4.94. The van der Waals surface area contributed by atoms with E-state index in [4.69, 9.17) is 10.2 Å². The smallest absolute Gasteiger partial charge is 0.307 e. The van der Waals surface area contributed by atoms with Gasteiger partial charge in [-0.25, -0.2) is 0 Å². The van der Waals surface area contributed by atoms with Crippen LogP contribution >= 0.6 is 0 Å². The van der Waals surface area contributed by atoms with E-state index in [0.717, 1.165) is 6.42 Å². The van der Waals surface area contributed by atoms with E-state index < -0.39 is 17.8 Å². The van der Waals surface area contributed by atoms with Gasteiger partial charge >= 0.3 is 5.97 Å². The summed E-state index contributed by atoms with van der Waals surface area (Å²) in [4.78, 5) is 22.9. The van der Waals surface area contributed by atoms with Crippen molar-refractivity contribution in [2.45, 2.75) is 39.2 Å². The van der Waals surface area contributed by atoms with Gasteiger partial charge in [0.2, 0.25) is 5.91 Å². The van der Waals surface area contributed by atoms with Crippen molar-refractivity contribution in [3.05, 3.63) is 0 Å². The highest BCUT2D eigenvalue weighted by atomic mass is 16.4. The number of carbonyl (C=O) groups is 2. The molecule has 1 amide bonds. The molecule has 0 radical (unpaired) electrons. The minimum absolute atomic E-state index is 0.00841. The summed E-state index contributed by atoms with van der Waals surface area (Å²) in [5.74, 6) is -2.07. The van der Waals surface area contributed by atoms with Gasteiger partial charge in [0.15, 0.2) is 0 Å². The SMILES string of the molecule is CC(CO)C(C)NC(=O)C1CCCC1C(=O)O. The zero-order chi connectivity index (χ0) is 13.0. The third-order valence-corrected chi connectivity index (χ3v) is 3.68. The predicted molar refractivity (Wildman–Crippen MR) is 62.3 cm³/mol. The minimum atomic E-state index is -0.884. The number of amides is 1. The highest BCUT2D eigenvalue weighted by molar-refractivity contribution is 5.85. The molecule has 1 saturated carbocycles. The summed E-state index contributed by atoms with van der Waals surface area (Å²) in [6.45, 7) is 3.67. The van der Waals surface area contributed by atoms with E-state index >= 15 is 0 Å². The molecule has 4 atom stereocenters. The molecule has 17 heavy (non-hydrogen) atoms. The number of carboxylic acids is 1. The summed E-state index contributed by atoms with van der Waals surface area (Å²) in [6.07, 6.45) is 2.01. The Morgan fingerprint density at radius 3 is 2.41 bits per heavy atom. The first-order valence-corrected chi connectivity index (χ1v) is 6.11. The van der Waals surface area contributed by atoms with Crippen molar-refractivity contribution in [1.82, 2.24) is 5.32 Å². The average Bonchev–Trinajstić information content (AvgIpc) is 2.76. The van der Waals surface area contributed by atoms with Crippen molar-refractivity contribution in [1.29, 1.82) is 0 Å². The minimum Gasteiger partial charge on any atom is -0.481 e. The maximum atomic E-state index is 11.9. The molecular weight excluding hydrogens is 222 g/mol. The number of hydrogen-bond acceptors (Lipinski definition) is 3. The van der Waals surface area contributed by atoms with E-state index in [9.17, 15) is 9.59 Å². The molecule has 3 N–H and O–H groups in total. The van der Waals surface area contributed by atoms with E-state index in [1.807, 2.05) is 13.8 Å². The summed E-state index contributed by atoms with van der Waals surface area (Å²) < 4.78 is 0. The maximum absolute atomic E-state index is 11.9. The van der Waals surface area contributed by atoms with Gasteiger partial charge < -0.3 is 15.5 Å². The van der Waals surface area contributed by atoms with Crippen LogP contribution in [0.25, 0.3) is 0 Å². The van der Waals surface area contributed by atoms with Crippen molar-refractivity contribution in [2.24, 2.45) is 17.8 Å². The average molecular weight is 243 g/mol. The van der Waals surface area contributed by atoms with E-state index in [0.29, 0.717) is 12.8 Å². The zero-order valence-corrected chi connectivity index (χ0v) is 10.3. The first-order valence-electron chi connectivity index (χ1n) is 6.11. The molecule has 0 bridgehead atoms. The Balaban J connectivity index is 2.55. The van der Waals surface area contributed by atoms with E-state index in [-0.39, 0.29) is 24.5 Å². The van der Waals surface area contributed by atoms with Crippen molar-refractivity contribution >= 4 is 11.9 Å². The topological polar surface area (TPSA) is 86.6 Å². The Hall–Kier alpha value is -1.10. The number of nitrogens with one attached hydrogen (secondary N) is 1. The summed E-state index contributed by atoms with van der Waals surface area (Å²) in [6, 6.07) is -0.137. The fraction of sp³-hybridized carbons (Fsp3) is 0.833. The van der Waals surface area contributed by atoms with Crippen LogP contribution < -0.4 is 5.32 Å². The van der Waals surface area contributed by atoms with Gasteiger partial charge in [0, 0.05) is 12.6 Å². The van der Waals surface area contributed by atoms with Crippen LogP contribution in [-0.2, 0) is 9.59 Å². The fourth-order valence-electron chi connectivity index (χ4n) is 2.20. The summed E-state index contributed by atoms with van der Waals surface area (Å²) in [5.41, 5.74) is 0. The molecule has 0 aromatic heterocycles. The van der Waals surface area contributed by atoms with Gasteiger partial charge in [-0.15, -0.1) is 0 Å². The molecule has 1 rings (SSSR count). The van der Waals surface area contributed by atoms with Crippen molar-refractivity contribution in [3.8, 4) is 0 Å². The number of carbonyl (C=O) groups excluding carboxylic acids is 1. The third kappa shape index (κ3) is 3.43. The molecule has 5 nitrogen and oxygen atoms in total. The van der Waals surface area contributed by atoms with E-state index in [2.05, 4.69) is 5.32 Å². The predicted octanol–water partition coefficient (Wildman–Crippen LogP) is 0.620. The van der Waals surface area contributed by atoms with Gasteiger partial charge in [-0.05, 0) is 25.7 Å². The quantitative estimate of drug-likeness (QED) is 0.660. The number of carboxylic acid groups (broad SMARTS) is 1. The second-order valence-corrected chi connectivity index (χ2v) is 4.94. The fourth-order valence-corrected chi connectivity index (χ4v) is 2.20. The van der Waals surface area contributed by atoms with E-state index in [1.54, 1.807) is 0 Å². The highest BCUT2D eigenvalue weighted by Gasteiger charge is 2.38.